The van der Waals surface area contributed by atoms with Crippen LogP contribution in [-0.2, 0) is 19.1 Å². The maximum atomic E-state index is 12.0. The minimum Gasteiger partial charge on any atom is -0.469 e. The van der Waals surface area contributed by atoms with Crippen LogP contribution in [0.3, 0.4) is 0 Å². The Morgan fingerprint density at radius 1 is 1.39 bits per heavy atom. The van der Waals surface area contributed by atoms with Gasteiger partial charge in [-0.3, -0.25) is 9.59 Å². The molecule has 1 heterocycles. The van der Waals surface area contributed by atoms with Crippen LogP contribution >= 0.6 is 0 Å². The van der Waals surface area contributed by atoms with Crippen LogP contribution in [0.5, 0.6) is 0 Å². The Hall–Kier alpha value is -1.10. The molecule has 0 aromatic heterocycles. The van der Waals surface area contributed by atoms with Gasteiger partial charge in [0.2, 0.25) is 5.91 Å². The van der Waals surface area contributed by atoms with Crippen LogP contribution in [0.1, 0.15) is 39.0 Å². The average molecular weight is 257 g/mol. The highest BCUT2D eigenvalue weighted by atomic mass is 16.5. The molecule has 104 valence electrons. The van der Waals surface area contributed by atoms with Gasteiger partial charge in [0.25, 0.3) is 0 Å². The first-order chi connectivity index (χ1) is 8.67. The standard InChI is InChI=1S/C13H23NO4/c1-3-4-11(9-12(15)17-2)14-13(16)10-5-7-18-8-6-10/h10-11H,3-9H2,1-2H3,(H,14,16)/t11-/m1/s1. The number of amides is 1. The molecule has 1 atom stereocenters. The van der Waals surface area contributed by atoms with Gasteiger partial charge in [0.15, 0.2) is 0 Å². The molecule has 1 N–H and O–H groups in total. The Morgan fingerprint density at radius 3 is 2.61 bits per heavy atom. The number of ether oxygens (including phenoxy) is 2. The number of carbonyl (C=O) groups excluding carboxylic acids is 2. The van der Waals surface area contributed by atoms with Crippen molar-refractivity contribution in [2.45, 2.75) is 45.1 Å². The van der Waals surface area contributed by atoms with E-state index in [9.17, 15) is 9.59 Å². The fourth-order valence-electron chi connectivity index (χ4n) is 2.14. The predicted molar refractivity (Wildman–Crippen MR) is 67.0 cm³/mol. The third-order valence-electron chi connectivity index (χ3n) is 3.22. The molecule has 1 aliphatic rings. The van der Waals surface area contributed by atoms with Gasteiger partial charge in [-0.1, -0.05) is 13.3 Å². The molecular weight excluding hydrogens is 234 g/mol. The molecule has 1 fully saturated rings. The van der Waals surface area contributed by atoms with E-state index in [0.717, 1.165) is 25.7 Å². The molecule has 0 aliphatic carbocycles. The largest absolute Gasteiger partial charge is 0.469 e. The van der Waals surface area contributed by atoms with Crippen LogP contribution in [0.2, 0.25) is 0 Å². The van der Waals surface area contributed by atoms with Crippen molar-refractivity contribution in [2.75, 3.05) is 20.3 Å². The lowest BCUT2D eigenvalue weighted by Crippen LogP contribution is -2.41. The molecule has 0 spiro atoms. The molecule has 1 rings (SSSR count). The van der Waals surface area contributed by atoms with Crippen molar-refractivity contribution in [3.8, 4) is 0 Å². The van der Waals surface area contributed by atoms with Crippen molar-refractivity contribution in [3.05, 3.63) is 0 Å². The van der Waals surface area contributed by atoms with E-state index in [0.29, 0.717) is 13.2 Å². The van der Waals surface area contributed by atoms with Crippen molar-refractivity contribution < 1.29 is 19.1 Å². The molecular formula is C13H23NO4. The van der Waals surface area contributed by atoms with E-state index < -0.39 is 0 Å². The van der Waals surface area contributed by atoms with Crippen molar-refractivity contribution in [2.24, 2.45) is 5.92 Å². The summed E-state index contributed by atoms with van der Waals surface area (Å²) in [4.78, 5) is 23.3. The van der Waals surface area contributed by atoms with Gasteiger partial charge in [-0.15, -0.1) is 0 Å². The van der Waals surface area contributed by atoms with E-state index in [1.54, 1.807) is 0 Å². The molecule has 0 aromatic rings. The van der Waals surface area contributed by atoms with Crippen molar-refractivity contribution in [1.29, 1.82) is 0 Å². The first-order valence-electron chi connectivity index (χ1n) is 6.62. The van der Waals surface area contributed by atoms with E-state index in [1.165, 1.54) is 7.11 Å². The first-order valence-corrected chi connectivity index (χ1v) is 6.62. The van der Waals surface area contributed by atoms with Crippen LogP contribution < -0.4 is 5.32 Å². The maximum Gasteiger partial charge on any atom is 0.307 e. The zero-order valence-corrected chi connectivity index (χ0v) is 11.2. The van der Waals surface area contributed by atoms with Gasteiger partial charge >= 0.3 is 5.97 Å². The molecule has 5 nitrogen and oxygen atoms in total. The Bertz CT molecular complexity index is 274. The van der Waals surface area contributed by atoms with Gasteiger partial charge in [0, 0.05) is 25.2 Å². The quantitative estimate of drug-likeness (QED) is 0.728. The normalized spacial score (nSPS) is 18.1. The number of hydrogen-bond acceptors (Lipinski definition) is 4. The fourth-order valence-corrected chi connectivity index (χ4v) is 2.14. The monoisotopic (exact) mass is 257 g/mol. The van der Waals surface area contributed by atoms with Gasteiger partial charge in [-0.05, 0) is 19.3 Å². The second-order valence-corrected chi connectivity index (χ2v) is 4.66. The molecule has 0 radical (unpaired) electrons. The Morgan fingerprint density at radius 2 is 2.06 bits per heavy atom. The lowest BCUT2D eigenvalue weighted by molar-refractivity contribution is -0.141. The molecule has 18 heavy (non-hydrogen) atoms. The van der Waals surface area contributed by atoms with E-state index in [4.69, 9.17) is 4.74 Å². The summed E-state index contributed by atoms with van der Waals surface area (Å²) in [5.41, 5.74) is 0. The highest BCUT2D eigenvalue weighted by Gasteiger charge is 2.24. The van der Waals surface area contributed by atoms with Crippen LogP contribution in [0.25, 0.3) is 0 Å². The molecule has 0 saturated carbocycles. The Balaban J connectivity index is 2.43. The number of hydrogen-bond donors (Lipinski definition) is 1. The van der Waals surface area contributed by atoms with Crippen LogP contribution in [0.4, 0.5) is 0 Å². The van der Waals surface area contributed by atoms with Gasteiger partial charge in [-0.2, -0.15) is 0 Å². The first kappa shape index (κ1) is 15.0. The molecule has 0 unspecified atom stereocenters. The SMILES string of the molecule is CCC[C@H](CC(=O)OC)NC(=O)C1CCOCC1. The van der Waals surface area contributed by atoms with Crippen molar-refractivity contribution in [1.82, 2.24) is 5.32 Å². The molecule has 0 aromatic carbocycles. The predicted octanol–water partition coefficient (Wildman–Crippen LogP) is 1.26. The molecule has 5 heteroatoms. The lowest BCUT2D eigenvalue weighted by atomic mass is 9.98. The average Bonchev–Trinajstić information content (AvgIpc) is 2.39. The number of nitrogens with one attached hydrogen (secondary N) is 1. The number of rotatable bonds is 6. The van der Waals surface area contributed by atoms with Crippen LogP contribution in [0, 0.1) is 5.92 Å². The summed E-state index contributed by atoms with van der Waals surface area (Å²) < 4.78 is 9.87. The maximum absolute atomic E-state index is 12.0. The molecule has 1 saturated heterocycles. The van der Waals surface area contributed by atoms with E-state index >= 15 is 0 Å². The van der Waals surface area contributed by atoms with E-state index in [-0.39, 0.29) is 30.3 Å². The molecule has 1 amide bonds. The van der Waals surface area contributed by atoms with Crippen molar-refractivity contribution in [3.63, 3.8) is 0 Å². The van der Waals surface area contributed by atoms with Crippen LogP contribution in [0.15, 0.2) is 0 Å². The number of carbonyl (C=O) groups is 2. The Kier molecular flexibility index (Phi) is 6.72. The minimum absolute atomic E-state index is 0.0238. The third-order valence-corrected chi connectivity index (χ3v) is 3.22. The highest BCUT2D eigenvalue weighted by Crippen LogP contribution is 2.15. The summed E-state index contributed by atoms with van der Waals surface area (Å²) in [5, 5.41) is 2.96. The third kappa shape index (κ3) is 5.04. The molecule has 0 bridgehead atoms. The summed E-state index contributed by atoms with van der Waals surface area (Å²) in [6.45, 7) is 3.33. The summed E-state index contributed by atoms with van der Waals surface area (Å²) in [5.74, 6) is -0.211. The second-order valence-electron chi connectivity index (χ2n) is 4.66. The zero-order valence-electron chi connectivity index (χ0n) is 11.2. The van der Waals surface area contributed by atoms with Crippen LogP contribution in [-0.4, -0.2) is 38.2 Å². The summed E-state index contributed by atoms with van der Waals surface area (Å²) in [7, 11) is 1.37. The lowest BCUT2D eigenvalue weighted by Gasteiger charge is -2.24. The van der Waals surface area contributed by atoms with Gasteiger partial charge < -0.3 is 14.8 Å². The number of esters is 1. The zero-order chi connectivity index (χ0) is 13.4. The Labute approximate surface area is 108 Å². The molecule has 1 aliphatic heterocycles. The summed E-state index contributed by atoms with van der Waals surface area (Å²) >= 11 is 0. The second kappa shape index (κ2) is 8.08. The fraction of sp³-hybridized carbons (Fsp3) is 0.846. The summed E-state index contributed by atoms with van der Waals surface area (Å²) in [6.07, 6.45) is 3.50. The smallest absolute Gasteiger partial charge is 0.307 e. The highest BCUT2D eigenvalue weighted by molar-refractivity contribution is 5.80. The van der Waals surface area contributed by atoms with Gasteiger partial charge in [-0.25, -0.2) is 0 Å². The minimum atomic E-state index is -0.277. The number of methoxy groups -OCH3 is 1. The van der Waals surface area contributed by atoms with Crippen molar-refractivity contribution >= 4 is 11.9 Å². The van der Waals surface area contributed by atoms with E-state index in [2.05, 4.69) is 10.1 Å². The van der Waals surface area contributed by atoms with E-state index in [1.807, 2.05) is 6.92 Å². The van der Waals surface area contributed by atoms with Gasteiger partial charge in [0.05, 0.1) is 13.5 Å². The summed E-state index contributed by atoms with van der Waals surface area (Å²) in [6, 6.07) is -0.113. The topological polar surface area (TPSA) is 64.6 Å². The van der Waals surface area contributed by atoms with Gasteiger partial charge in [0.1, 0.15) is 0 Å².